The van der Waals surface area contributed by atoms with Crippen LogP contribution in [0.15, 0.2) is 11.6 Å². The molecule has 1 aliphatic rings. The van der Waals surface area contributed by atoms with E-state index in [4.69, 9.17) is 0 Å². The van der Waals surface area contributed by atoms with Crippen LogP contribution in [0.3, 0.4) is 0 Å². The summed E-state index contributed by atoms with van der Waals surface area (Å²) in [5.74, 6) is 0.825. The SMILES string of the molecule is CC1CC(Nc2nccs2)CC(C)(C)C1. The van der Waals surface area contributed by atoms with Gasteiger partial charge in [-0.1, -0.05) is 20.8 Å². The lowest BCUT2D eigenvalue weighted by Crippen LogP contribution is -2.35. The molecule has 0 amide bonds. The molecule has 1 aliphatic carbocycles. The van der Waals surface area contributed by atoms with Crippen LogP contribution in [0.4, 0.5) is 5.13 Å². The van der Waals surface area contributed by atoms with Gasteiger partial charge in [0.15, 0.2) is 5.13 Å². The molecular formula is C12H20N2S. The Labute approximate surface area is 96.1 Å². The van der Waals surface area contributed by atoms with Gasteiger partial charge in [-0.2, -0.15) is 0 Å². The first-order valence-corrected chi connectivity index (χ1v) is 6.59. The molecule has 15 heavy (non-hydrogen) atoms. The lowest BCUT2D eigenvalue weighted by Gasteiger charge is -2.39. The minimum absolute atomic E-state index is 0.479. The van der Waals surface area contributed by atoms with Gasteiger partial charge in [0.25, 0.3) is 0 Å². The standard InChI is InChI=1S/C12H20N2S/c1-9-6-10(8-12(2,3)7-9)14-11-13-4-5-15-11/h4-5,9-10H,6-8H2,1-3H3,(H,13,14). The fourth-order valence-electron chi connectivity index (χ4n) is 2.93. The van der Waals surface area contributed by atoms with Crippen LogP contribution >= 0.6 is 11.3 Å². The number of aromatic nitrogens is 1. The molecule has 0 bridgehead atoms. The van der Waals surface area contributed by atoms with Crippen LogP contribution in [0.5, 0.6) is 0 Å². The van der Waals surface area contributed by atoms with Gasteiger partial charge in [-0.05, 0) is 30.6 Å². The molecule has 2 unspecified atom stereocenters. The zero-order valence-electron chi connectivity index (χ0n) is 9.79. The number of rotatable bonds is 2. The van der Waals surface area contributed by atoms with Crippen LogP contribution in [0.25, 0.3) is 0 Å². The van der Waals surface area contributed by atoms with Crippen LogP contribution in [0.2, 0.25) is 0 Å². The van der Waals surface area contributed by atoms with Gasteiger partial charge in [-0.25, -0.2) is 4.98 Å². The van der Waals surface area contributed by atoms with E-state index in [0.29, 0.717) is 11.5 Å². The number of nitrogens with zero attached hydrogens (tertiary/aromatic N) is 1. The summed E-state index contributed by atoms with van der Waals surface area (Å²) in [6, 6.07) is 0.606. The lowest BCUT2D eigenvalue weighted by molar-refractivity contribution is 0.178. The third-order valence-electron chi connectivity index (χ3n) is 3.15. The van der Waals surface area contributed by atoms with Gasteiger partial charge in [0.2, 0.25) is 0 Å². The first-order valence-electron chi connectivity index (χ1n) is 5.71. The van der Waals surface area contributed by atoms with Crippen molar-refractivity contribution in [2.24, 2.45) is 11.3 Å². The number of anilines is 1. The van der Waals surface area contributed by atoms with E-state index < -0.39 is 0 Å². The van der Waals surface area contributed by atoms with Crippen molar-refractivity contribution in [3.8, 4) is 0 Å². The summed E-state index contributed by atoms with van der Waals surface area (Å²) >= 11 is 1.70. The third-order valence-corrected chi connectivity index (χ3v) is 3.85. The number of thiazole rings is 1. The van der Waals surface area contributed by atoms with E-state index in [1.807, 2.05) is 11.6 Å². The molecule has 0 aromatic carbocycles. The van der Waals surface area contributed by atoms with Crippen LogP contribution in [0, 0.1) is 11.3 Å². The maximum Gasteiger partial charge on any atom is 0.182 e. The quantitative estimate of drug-likeness (QED) is 0.827. The van der Waals surface area contributed by atoms with Gasteiger partial charge < -0.3 is 5.32 Å². The Morgan fingerprint density at radius 3 is 2.87 bits per heavy atom. The molecule has 1 saturated carbocycles. The van der Waals surface area contributed by atoms with Crippen molar-refractivity contribution in [3.63, 3.8) is 0 Å². The average molecular weight is 224 g/mol. The topological polar surface area (TPSA) is 24.9 Å². The highest BCUT2D eigenvalue weighted by Crippen LogP contribution is 2.39. The van der Waals surface area contributed by atoms with E-state index in [2.05, 4.69) is 31.1 Å². The molecule has 0 radical (unpaired) electrons. The Kier molecular flexibility index (Phi) is 3.01. The molecule has 3 heteroatoms. The van der Waals surface area contributed by atoms with Gasteiger partial charge in [-0.15, -0.1) is 11.3 Å². The molecule has 1 aromatic rings. The Hall–Kier alpha value is -0.570. The van der Waals surface area contributed by atoms with Gasteiger partial charge in [0, 0.05) is 17.6 Å². The monoisotopic (exact) mass is 224 g/mol. The predicted molar refractivity (Wildman–Crippen MR) is 66.3 cm³/mol. The second-order valence-electron chi connectivity index (χ2n) is 5.59. The average Bonchev–Trinajstić information content (AvgIpc) is 2.52. The van der Waals surface area contributed by atoms with Crippen molar-refractivity contribution in [1.82, 2.24) is 4.98 Å². The molecule has 2 atom stereocenters. The lowest BCUT2D eigenvalue weighted by atomic mass is 9.71. The highest BCUT2D eigenvalue weighted by molar-refractivity contribution is 7.13. The summed E-state index contributed by atoms with van der Waals surface area (Å²) in [4.78, 5) is 4.29. The third kappa shape index (κ3) is 2.94. The Morgan fingerprint density at radius 2 is 2.27 bits per heavy atom. The van der Waals surface area contributed by atoms with E-state index >= 15 is 0 Å². The van der Waals surface area contributed by atoms with Crippen molar-refractivity contribution in [2.75, 3.05) is 5.32 Å². The first kappa shape index (κ1) is 10.9. The van der Waals surface area contributed by atoms with Crippen molar-refractivity contribution in [1.29, 1.82) is 0 Å². The zero-order chi connectivity index (χ0) is 10.9. The van der Waals surface area contributed by atoms with Gasteiger partial charge >= 0.3 is 0 Å². The van der Waals surface area contributed by atoms with Crippen molar-refractivity contribution >= 4 is 16.5 Å². The minimum Gasteiger partial charge on any atom is -0.359 e. The maximum atomic E-state index is 4.29. The highest BCUT2D eigenvalue weighted by atomic mass is 32.1. The number of hydrogen-bond acceptors (Lipinski definition) is 3. The second kappa shape index (κ2) is 4.12. The van der Waals surface area contributed by atoms with Crippen LogP contribution in [0.1, 0.15) is 40.0 Å². The first-order chi connectivity index (χ1) is 7.05. The molecular weight excluding hydrogens is 204 g/mol. The summed E-state index contributed by atoms with van der Waals surface area (Å²) < 4.78 is 0. The van der Waals surface area contributed by atoms with E-state index in [1.165, 1.54) is 19.3 Å². The van der Waals surface area contributed by atoms with E-state index in [-0.39, 0.29) is 0 Å². The Balaban J connectivity index is 1.98. The van der Waals surface area contributed by atoms with E-state index in [1.54, 1.807) is 11.3 Å². The zero-order valence-corrected chi connectivity index (χ0v) is 10.6. The second-order valence-corrected chi connectivity index (χ2v) is 6.49. The highest BCUT2D eigenvalue weighted by Gasteiger charge is 2.32. The molecule has 0 aliphatic heterocycles. The van der Waals surface area contributed by atoms with Crippen LogP contribution < -0.4 is 5.32 Å². The molecule has 2 nitrogen and oxygen atoms in total. The van der Waals surface area contributed by atoms with Gasteiger partial charge in [0.1, 0.15) is 0 Å². The van der Waals surface area contributed by atoms with Crippen molar-refractivity contribution < 1.29 is 0 Å². The molecule has 1 fully saturated rings. The van der Waals surface area contributed by atoms with E-state index in [0.717, 1.165) is 11.0 Å². The van der Waals surface area contributed by atoms with Gasteiger partial charge in [0.05, 0.1) is 0 Å². The molecule has 0 saturated heterocycles. The van der Waals surface area contributed by atoms with Crippen LogP contribution in [-0.4, -0.2) is 11.0 Å². The summed E-state index contributed by atoms with van der Waals surface area (Å²) in [5.41, 5.74) is 0.479. The molecule has 1 heterocycles. The fourth-order valence-corrected chi connectivity index (χ4v) is 3.53. The number of nitrogens with one attached hydrogen (secondary N) is 1. The molecule has 84 valence electrons. The summed E-state index contributed by atoms with van der Waals surface area (Å²) in [7, 11) is 0. The molecule has 1 aromatic heterocycles. The maximum absolute atomic E-state index is 4.29. The van der Waals surface area contributed by atoms with Crippen molar-refractivity contribution in [2.45, 2.75) is 46.1 Å². The minimum atomic E-state index is 0.479. The normalized spacial score (nSPS) is 30.1. The molecule has 2 rings (SSSR count). The fraction of sp³-hybridized carbons (Fsp3) is 0.750. The van der Waals surface area contributed by atoms with Crippen molar-refractivity contribution in [3.05, 3.63) is 11.6 Å². The summed E-state index contributed by atoms with van der Waals surface area (Å²) in [6.07, 6.45) is 5.76. The molecule has 1 N–H and O–H groups in total. The predicted octanol–water partition coefficient (Wildman–Crippen LogP) is 3.77. The number of hydrogen-bond donors (Lipinski definition) is 1. The Morgan fingerprint density at radius 1 is 1.47 bits per heavy atom. The van der Waals surface area contributed by atoms with Crippen LogP contribution in [-0.2, 0) is 0 Å². The van der Waals surface area contributed by atoms with E-state index in [9.17, 15) is 0 Å². The smallest absolute Gasteiger partial charge is 0.182 e. The summed E-state index contributed by atoms with van der Waals surface area (Å²) in [6.45, 7) is 7.11. The largest absolute Gasteiger partial charge is 0.359 e. The summed E-state index contributed by atoms with van der Waals surface area (Å²) in [5, 5.41) is 6.66. The molecule has 0 spiro atoms. The Bertz CT molecular complexity index is 305. The van der Waals surface area contributed by atoms with Gasteiger partial charge in [-0.3, -0.25) is 0 Å².